The zero-order valence-electron chi connectivity index (χ0n) is 16.8. The third kappa shape index (κ3) is 3.24. The van der Waals surface area contributed by atoms with E-state index in [9.17, 15) is 19.2 Å². The third-order valence-electron chi connectivity index (χ3n) is 7.04. The Morgan fingerprint density at radius 3 is 2.63 bits per heavy atom. The van der Waals surface area contributed by atoms with Crippen molar-refractivity contribution in [1.29, 1.82) is 0 Å². The summed E-state index contributed by atoms with van der Waals surface area (Å²) in [6, 6.07) is 4.90. The molecule has 8 heteroatoms. The van der Waals surface area contributed by atoms with Crippen LogP contribution in [-0.2, 0) is 16.1 Å². The molecular weight excluding hydrogens is 384 g/mol. The number of nitrogens with one attached hydrogen (secondary N) is 3. The van der Waals surface area contributed by atoms with Gasteiger partial charge in [-0.1, -0.05) is 12.1 Å². The van der Waals surface area contributed by atoms with Gasteiger partial charge in [0.2, 0.25) is 11.8 Å². The summed E-state index contributed by atoms with van der Waals surface area (Å²) in [5.74, 6) is -0.500. The van der Waals surface area contributed by atoms with Gasteiger partial charge in [-0.2, -0.15) is 0 Å². The van der Waals surface area contributed by atoms with Crippen LogP contribution in [0.15, 0.2) is 18.2 Å². The number of piperidine rings is 3. The first-order valence-electron chi connectivity index (χ1n) is 10.8. The fourth-order valence-corrected chi connectivity index (χ4v) is 5.48. The van der Waals surface area contributed by atoms with E-state index >= 15 is 0 Å². The monoisotopic (exact) mass is 410 g/mol. The first kappa shape index (κ1) is 19.4. The number of fused-ring (bicyclic) bond motifs is 4. The van der Waals surface area contributed by atoms with Gasteiger partial charge in [-0.05, 0) is 62.2 Å². The average molecular weight is 410 g/mol. The van der Waals surface area contributed by atoms with Crippen molar-refractivity contribution < 1.29 is 19.2 Å². The average Bonchev–Trinajstić information content (AvgIpc) is 3.00. The van der Waals surface area contributed by atoms with Gasteiger partial charge in [-0.25, -0.2) is 0 Å². The summed E-state index contributed by atoms with van der Waals surface area (Å²) >= 11 is 0. The van der Waals surface area contributed by atoms with Gasteiger partial charge in [0.1, 0.15) is 6.04 Å². The van der Waals surface area contributed by atoms with Gasteiger partial charge in [-0.3, -0.25) is 29.4 Å². The number of imide groups is 2. The molecule has 1 aliphatic carbocycles. The Hall–Kier alpha value is -2.58. The molecule has 0 radical (unpaired) electrons. The number of rotatable bonds is 5. The predicted molar refractivity (Wildman–Crippen MR) is 107 cm³/mol. The van der Waals surface area contributed by atoms with Crippen molar-refractivity contribution in [3.63, 3.8) is 0 Å². The first-order valence-corrected chi connectivity index (χ1v) is 10.8. The molecule has 3 saturated heterocycles. The van der Waals surface area contributed by atoms with E-state index < -0.39 is 23.8 Å². The minimum atomic E-state index is -0.931. The number of nitrogens with zero attached hydrogens (tertiary/aromatic N) is 1. The molecule has 4 fully saturated rings. The molecule has 0 spiro atoms. The number of benzene rings is 1. The Morgan fingerprint density at radius 1 is 1.07 bits per heavy atom. The van der Waals surface area contributed by atoms with Crippen molar-refractivity contribution in [2.75, 3.05) is 13.1 Å². The van der Waals surface area contributed by atoms with Crippen molar-refractivity contribution in [1.82, 2.24) is 20.9 Å². The van der Waals surface area contributed by atoms with E-state index in [4.69, 9.17) is 0 Å². The lowest BCUT2D eigenvalue weighted by Crippen LogP contribution is -2.54. The number of hydrogen-bond acceptors (Lipinski definition) is 6. The first-order chi connectivity index (χ1) is 14.5. The minimum absolute atomic E-state index is 0.121. The molecule has 1 aromatic rings. The van der Waals surface area contributed by atoms with Crippen LogP contribution >= 0.6 is 0 Å². The summed E-state index contributed by atoms with van der Waals surface area (Å²) in [6.07, 6.45) is 4.06. The molecule has 4 aliphatic heterocycles. The fourth-order valence-electron chi connectivity index (χ4n) is 5.48. The summed E-state index contributed by atoms with van der Waals surface area (Å²) in [6.45, 7) is 2.50. The molecule has 4 unspecified atom stereocenters. The highest BCUT2D eigenvalue weighted by atomic mass is 16.2. The van der Waals surface area contributed by atoms with Crippen LogP contribution in [0.5, 0.6) is 0 Å². The molecule has 1 saturated carbocycles. The van der Waals surface area contributed by atoms with Crippen LogP contribution in [0.25, 0.3) is 0 Å². The molecule has 0 aromatic heterocycles. The SMILES string of the molecule is O=C1CCC(N2C(=O)c3cccc(CNCC4CC5CCC4NC5)c3C2=O)C(=O)N1. The minimum Gasteiger partial charge on any atom is -0.313 e. The topological polar surface area (TPSA) is 108 Å². The molecule has 4 amide bonds. The molecule has 5 aliphatic rings. The quantitative estimate of drug-likeness (QED) is 0.613. The predicted octanol–water partition coefficient (Wildman–Crippen LogP) is 0.566. The Labute approximate surface area is 174 Å². The van der Waals surface area contributed by atoms with Gasteiger partial charge < -0.3 is 10.6 Å². The van der Waals surface area contributed by atoms with Crippen LogP contribution < -0.4 is 16.0 Å². The summed E-state index contributed by atoms with van der Waals surface area (Å²) in [4.78, 5) is 50.7. The van der Waals surface area contributed by atoms with Crippen molar-refractivity contribution >= 4 is 23.6 Å². The molecule has 1 aromatic carbocycles. The molecule has 4 heterocycles. The Morgan fingerprint density at radius 2 is 1.93 bits per heavy atom. The smallest absolute Gasteiger partial charge is 0.262 e. The van der Waals surface area contributed by atoms with Gasteiger partial charge in [0.05, 0.1) is 11.1 Å². The largest absolute Gasteiger partial charge is 0.313 e. The second kappa shape index (κ2) is 7.59. The normalized spacial score (nSPS) is 30.6. The second-order valence-corrected chi connectivity index (χ2v) is 8.87. The number of carbonyl (C=O) groups is 4. The lowest BCUT2D eigenvalue weighted by molar-refractivity contribution is -0.136. The van der Waals surface area contributed by atoms with Gasteiger partial charge >= 0.3 is 0 Å². The van der Waals surface area contributed by atoms with Crippen LogP contribution in [0.2, 0.25) is 0 Å². The van der Waals surface area contributed by atoms with Gasteiger partial charge in [-0.15, -0.1) is 0 Å². The Kier molecular flexibility index (Phi) is 4.91. The van der Waals surface area contributed by atoms with Crippen molar-refractivity contribution in [3.05, 3.63) is 34.9 Å². The Bertz CT molecular complexity index is 922. The standard InChI is InChI=1S/C22H26N4O4/c27-18-7-6-17(20(28)25-18)26-21(29)15-3-1-2-13(19(15)22(26)30)10-23-11-14-8-12-4-5-16(14)24-9-12/h1-3,12,14,16-17,23-24H,4-11H2,(H,25,27,28). The van der Waals surface area contributed by atoms with E-state index in [0.717, 1.165) is 29.5 Å². The highest BCUT2D eigenvalue weighted by Crippen LogP contribution is 2.33. The Balaban J connectivity index is 1.30. The second-order valence-electron chi connectivity index (χ2n) is 8.87. The number of carbonyl (C=O) groups excluding carboxylic acids is 4. The molecule has 2 bridgehead atoms. The van der Waals surface area contributed by atoms with Crippen LogP contribution in [0, 0.1) is 11.8 Å². The van der Waals surface area contributed by atoms with Gasteiger partial charge in [0, 0.05) is 19.0 Å². The number of hydrogen-bond donors (Lipinski definition) is 3. The maximum Gasteiger partial charge on any atom is 0.262 e. The van der Waals surface area contributed by atoms with E-state index in [0.29, 0.717) is 29.6 Å². The van der Waals surface area contributed by atoms with Crippen LogP contribution in [0.4, 0.5) is 0 Å². The number of amides is 4. The maximum absolute atomic E-state index is 13.1. The van der Waals surface area contributed by atoms with E-state index in [1.54, 1.807) is 12.1 Å². The maximum atomic E-state index is 13.1. The molecule has 3 N–H and O–H groups in total. The highest BCUT2D eigenvalue weighted by molar-refractivity contribution is 6.24. The van der Waals surface area contributed by atoms with Crippen LogP contribution in [-0.4, -0.2) is 53.7 Å². The van der Waals surface area contributed by atoms with Crippen molar-refractivity contribution in [2.24, 2.45) is 11.8 Å². The summed E-state index contributed by atoms with van der Waals surface area (Å²) in [5.41, 5.74) is 1.49. The van der Waals surface area contributed by atoms with Crippen LogP contribution in [0.1, 0.15) is 58.4 Å². The lowest BCUT2D eigenvalue weighted by Gasteiger charge is -2.43. The zero-order chi connectivity index (χ0) is 20.8. The summed E-state index contributed by atoms with van der Waals surface area (Å²) in [5, 5.41) is 9.33. The molecule has 30 heavy (non-hydrogen) atoms. The third-order valence-corrected chi connectivity index (χ3v) is 7.04. The molecule has 6 rings (SSSR count). The molecular formula is C22H26N4O4. The summed E-state index contributed by atoms with van der Waals surface area (Å²) in [7, 11) is 0. The van der Waals surface area contributed by atoms with Crippen molar-refractivity contribution in [2.45, 2.75) is 50.7 Å². The molecule has 158 valence electrons. The van der Waals surface area contributed by atoms with E-state index in [-0.39, 0.29) is 18.7 Å². The van der Waals surface area contributed by atoms with Crippen molar-refractivity contribution in [3.8, 4) is 0 Å². The van der Waals surface area contributed by atoms with Crippen LogP contribution in [0.3, 0.4) is 0 Å². The molecule has 8 nitrogen and oxygen atoms in total. The van der Waals surface area contributed by atoms with Gasteiger partial charge in [0.15, 0.2) is 0 Å². The lowest BCUT2D eigenvalue weighted by atomic mass is 9.74. The van der Waals surface area contributed by atoms with Gasteiger partial charge in [0.25, 0.3) is 11.8 Å². The van der Waals surface area contributed by atoms with E-state index in [2.05, 4.69) is 16.0 Å². The molecule has 4 atom stereocenters. The fraction of sp³-hybridized carbons (Fsp3) is 0.545. The summed E-state index contributed by atoms with van der Waals surface area (Å²) < 4.78 is 0. The van der Waals surface area contributed by atoms with E-state index in [1.165, 1.54) is 19.3 Å². The zero-order valence-corrected chi connectivity index (χ0v) is 16.8. The van der Waals surface area contributed by atoms with E-state index in [1.807, 2.05) is 6.07 Å². The highest BCUT2D eigenvalue weighted by Gasteiger charge is 2.45.